The Hall–Kier alpha value is -2.32. The SMILES string of the molecule is CCCNS(=O)(=O)c1ccc(F)c(C(=O)Nc2ccc(C)c(F)c2)c1. The smallest absolute Gasteiger partial charge is 0.258 e. The van der Waals surface area contributed by atoms with Gasteiger partial charge >= 0.3 is 0 Å². The summed E-state index contributed by atoms with van der Waals surface area (Å²) in [5, 5.41) is 2.35. The molecule has 0 fully saturated rings. The average Bonchev–Trinajstić information content (AvgIpc) is 2.56. The lowest BCUT2D eigenvalue weighted by molar-refractivity contribution is 0.102. The largest absolute Gasteiger partial charge is 0.322 e. The minimum atomic E-state index is -3.84. The van der Waals surface area contributed by atoms with Crippen LogP contribution < -0.4 is 10.0 Å². The van der Waals surface area contributed by atoms with Crippen LogP contribution in [0.5, 0.6) is 0 Å². The minimum absolute atomic E-state index is 0.143. The van der Waals surface area contributed by atoms with Gasteiger partial charge in [-0.15, -0.1) is 0 Å². The van der Waals surface area contributed by atoms with Crippen LogP contribution in [0.4, 0.5) is 14.5 Å². The van der Waals surface area contributed by atoms with E-state index in [1.807, 2.05) is 0 Å². The Morgan fingerprint density at radius 2 is 1.80 bits per heavy atom. The molecule has 0 saturated carbocycles. The van der Waals surface area contributed by atoms with E-state index in [0.29, 0.717) is 12.0 Å². The standard InChI is InChI=1S/C17H18F2N2O3S/c1-3-8-20-25(23,24)13-6-7-15(18)14(10-13)17(22)21-12-5-4-11(2)16(19)9-12/h4-7,9-10,20H,3,8H2,1-2H3,(H,21,22). The predicted octanol–water partition coefficient (Wildman–Crippen LogP) is 3.21. The highest BCUT2D eigenvalue weighted by atomic mass is 32.2. The van der Waals surface area contributed by atoms with Crippen molar-refractivity contribution in [1.82, 2.24) is 4.72 Å². The zero-order chi connectivity index (χ0) is 18.6. The lowest BCUT2D eigenvalue weighted by atomic mass is 10.1. The van der Waals surface area contributed by atoms with E-state index in [2.05, 4.69) is 10.0 Å². The second-order valence-electron chi connectivity index (χ2n) is 5.46. The van der Waals surface area contributed by atoms with Gasteiger partial charge in [0, 0.05) is 12.2 Å². The number of anilines is 1. The summed E-state index contributed by atoms with van der Waals surface area (Å²) in [6.07, 6.45) is 0.590. The molecule has 5 nitrogen and oxygen atoms in total. The van der Waals surface area contributed by atoms with Crippen molar-refractivity contribution in [3.63, 3.8) is 0 Å². The molecule has 0 radical (unpaired) electrons. The van der Waals surface area contributed by atoms with Crippen LogP contribution in [0.2, 0.25) is 0 Å². The van der Waals surface area contributed by atoms with Gasteiger partial charge < -0.3 is 5.32 Å². The summed E-state index contributed by atoms with van der Waals surface area (Å²) < 4.78 is 54.0. The van der Waals surface area contributed by atoms with Gasteiger partial charge in [-0.2, -0.15) is 0 Å². The van der Waals surface area contributed by atoms with E-state index in [1.54, 1.807) is 13.8 Å². The van der Waals surface area contributed by atoms with Crippen molar-refractivity contribution in [1.29, 1.82) is 0 Å². The van der Waals surface area contributed by atoms with Crippen molar-refractivity contribution in [3.8, 4) is 0 Å². The molecule has 0 aliphatic rings. The van der Waals surface area contributed by atoms with Crippen molar-refractivity contribution in [2.24, 2.45) is 0 Å². The molecule has 0 bridgehead atoms. The highest BCUT2D eigenvalue weighted by Crippen LogP contribution is 2.18. The maximum absolute atomic E-state index is 14.0. The second-order valence-corrected chi connectivity index (χ2v) is 7.22. The van der Waals surface area contributed by atoms with E-state index in [9.17, 15) is 22.0 Å². The summed E-state index contributed by atoms with van der Waals surface area (Å²) >= 11 is 0. The number of sulfonamides is 1. The average molecular weight is 368 g/mol. The van der Waals surface area contributed by atoms with E-state index in [1.165, 1.54) is 12.1 Å². The Balaban J connectivity index is 2.30. The molecule has 0 spiro atoms. The molecule has 8 heteroatoms. The summed E-state index contributed by atoms with van der Waals surface area (Å²) in [7, 11) is -3.84. The van der Waals surface area contributed by atoms with Crippen LogP contribution in [0.25, 0.3) is 0 Å². The van der Waals surface area contributed by atoms with E-state index >= 15 is 0 Å². The first-order valence-corrected chi connectivity index (χ1v) is 9.09. The first-order chi connectivity index (χ1) is 11.7. The first kappa shape index (κ1) is 19.0. The molecule has 2 aromatic rings. The van der Waals surface area contributed by atoms with Crippen LogP contribution in [0.1, 0.15) is 29.3 Å². The van der Waals surface area contributed by atoms with Crippen LogP contribution in [-0.4, -0.2) is 20.9 Å². The minimum Gasteiger partial charge on any atom is -0.322 e. The third kappa shape index (κ3) is 4.61. The molecule has 2 rings (SSSR count). The van der Waals surface area contributed by atoms with Crippen molar-refractivity contribution < 1.29 is 22.0 Å². The molecule has 0 atom stereocenters. The fourth-order valence-electron chi connectivity index (χ4n) is 2.03. The molecule has 0 heterocycles. The number of hydrogen-bond acceptors (Lipinski definition) is 3. The summed E-state index contributed by atoms with van der Waals surface area (Å²) in [5.74, 6) is -2.26. The highest BCUT2D eigenvalue weighted by Gasteiger charge is 2.19. The number of carbonyl (C=O) groups is 1. The summed E-state index contributed by atoms with van der Waals surface area (Å²) in [4.78, 5) is 12.0. The molecule has 0 aliphatic heterocycles. The normalized spacial score (nSPS) is 11.4. The maximum atomic E-state index is 14.0. The van der Waals surface area contributed by atoms with E-state index in [-0.39, 0.29) is 17.1 Å². The molecule has 0 unspecified atom stereocenters. The third-order valence-corrected chi connectivity index (χ3v) is 4.92. The molecule has 1 amide bonds. The highest BCUT2D eigenvalue weighted by molar-refractivity contribution is 7.89. The van der Waals surface area contributed by atoms with E-state index in [4.69, 9.17) is 0 Å². The van der Waals surface area contributed by atoms with Gasteiger partial charge in [-0.25, -0.2) is 21.9 Å². The Morgan fingerprint density at radius 3 is 2.44 bits per heavy atom. The molecule has 0 aromatic heterocycles. The molecule has 25 heavy (non-hydrogen) atoms. The number of aryl methyl sites for hydroxylation is 1. The lowest BCUT2D eigenvalue weighted by Gasteiger charge is -2.10. The predicted molar refractivity (Wildman–Crippen MR) is 91.0 cm³/mol. The second kappa shape index (κ2) is 7.71. The Morgan fingerprint density at radius 1 is 1.08 bits per heavy atom. The van der Waals surface area contributed by atoms with Crippen LogP contribution >= 0.6 is 0 Å². The van der Waals surface area contributed by atoms with Gasteiger partial charge in [-0.3, -0.25) is 4.79 Å². The van der Waals surface area contributed by atoms with Gasteiger partial charge in [0.1, 0.15) is 11.6 Å². The topological polar surface area (TPSA) is 75.3 Å². The molecular weight excluding hydrogens is 350 g/mol. The fourth-order valence-corrected chi connectivity index (χ4v) is 3.19. The van der Waals surface area contributed by atoms with Gasteiger partial charge in [0.25, 0.3) is 5.91 Å². The van der Waals surface area contributed by atoms with Crippen LogP contribution in [0.15, 0.2) is 41.3 Å². The molecule has 2 N–H and O–H groups in total. The van der Waals surface area contributed by atoms with Crippen molar-refractivity contribution in [2.45, 2.75) is 25.2 Å². The third-order valence-electron chi connectivity index (χ3n) is 3.46. The number of carbonyl (C=O) groups excluding carboxylic acids is 1. The number of benzene rings is 2. The van der Waals surface area contributed by atoms with Crippen LogP contribution in [0, 0.1) is 18.6 Å². The number of hydrogen-bond donors (Lipinski definition) is 2. The van der Waals surface area contributed by atoms with Gasteiger partial charge in [0.15, 0.2) is 0 Å². The van der Waals surface area contributed by atoms with Gasteiger partial charge in [-0.1, -0.05) is 13.0 Å². The number of rotatable bonds is 6. The number of nitrogens with one attached hydrogen (secondary N) is 2. The molecule has 0 saturated heterocycles. The van der Waals surface area contributed by atoms with Crippen LogP contribution in [0.3, 0.4) is 0 Å². The monoisotopic (exact) mass is 368 g/mol. The first-order valence-electron chi connectivity index (χ1n) is 7.61. The van der Waals surface area contributed by atoms with Crippen molar-refractivity contribution in [2.75, 3.05) is 11.9 Å². The van der Waals surface area contributed by atoms with Crippen molar-refractivity contribution in [3.05, 3.63) is 59.2 Å². The number of halogens is 2. The molecule has 2 aromatic carbocycles. The zero-order valence-electron chi connectivity index (χ0n) is 13.8. The molecular formula is C17H18F2N2O3S. The Labute approximate surface area is 145 Å². The van der Waals surface area contributed by atoms with Gasteiger partial charge in [0.2, 0.25) is 10.0 Å². The quantitative estimate of drug-likeness (QED) is 0.822. The van der Waals surface area contributed by atoms with E-state index in [0.717, 1.165) is 24.3 Å². The zero-order valence-corrected chi connectivity index (χ0v) is 14.6. The summed E-state index contributed by atoms with van der Waals surface area (Å²) in [5.41, 5.74) is 0.101. The van der Waals surface area contributed by atoms with E-state index < -0.39 is 33.1 Å². The summed E-state index contributed by atoms with van der Waals surface area (Å²) in [6, 6.07) is 6.98. The number of amides is 1. The Kier molecular flexibility index (Phi) is 5.86. The van der Waals surface area contributed by atoms with Gasteiger partial charge in [0.05, 0.1) is 10.5 Å². The van der Waals surface area contributed by atoms with Crippen LogP contribution in [-0.2, 0) is 10.0 Å². The lowest BCUT2D eigenvalue weighted by Crippen LogP contribution is -2.25. The molecule has 134 valence electrons. The summed E-state index contributed by atoms with van der Waals surface area (Å²) in [6.45, 7) is 3.59. The van der Waals surface area contributed by atoms with Crippen molar-refractivity contribution >= 4 is 21.6 Å². The van der Waals surface area contributed by atoms with Gasteiger partial charge in [-0.05, 0) is 49.2 Å². The fraction of sp³-hybridized carbons (Fsp3) is 0.235. The molecule has 0 aliphatic carbocycles. The Bertz CT molecular complexity index is 899. The maximum Gasteiger partial charge on any atom is 0.258 e.